The van der Waals surface area contributed by atoms with Gasteiger partial charge >= 0.3 is 0 Å². The highest BCUT2D eigenvalue weighted by molar-refractivity contribution is 5.00. The Balaban J connectivity index is 4.01. The lowest BCUT2D eigenvalue weighted by Crippen LogP contribution is -2.16. The summed E-state index contributed by atoms with van der Waals surface area (Å²) in [5, 5.41) is 0. The Kier molecular flexibility index (Phi) is 3.20. The summed E-state index contributed by atoms with van der Waals surface area (Å²) < 4.78 is 23.7. The molecule has 1 nitrogen and oxygen atoms in total. The van der Waals surface area contributed by atoms with Gasteiger partial charge < -0.3 is 4.90 Å². The molecular formula is C6H11F2N. The highest BCUT2D eigenvalue weighted by Crippen LogP contribution is 2.09. The minimum absolute atomic E-state index is 0.0648. The summed E-state index contributed by atoms with van der Waals surface area (Å²) in [5.41, 5.74) is 0.0648. The van der Waals surface area contributed by atoms with Gasteiger partial charge in [-0.05, 0) is 6.92 Å². The van der Waals surface area contributed by atoms with Crippen molar-refractivity contribution in [2.24, 2.45) is 0 Å². The third kappa shape index (κ3) is 2.44. The Morgan fingerprint density at radius 1 is 1.44 bits per heavy atom. The van der Waals surface area contributed by atoms with Crippen LogP contribution in [0.3, 0.4) is 0 Å². The van der Waals surface area contributed by atoms with Crippen LogP contribution < -0.4 is 0 Å². The van der Waals surface area contributed by atoms with Gasteiger partial charge in [-0.3, -0.25) is 0 Å². The molecular weight excluding hydrogens is 124 g/mol. The zero-order chi connectivity index (χ0) is 7.44. The molecule has 0 aromatic rings. The summed E-state index contributed by atoms with van der Waals surface area (Å²) in [4.78, 5) is 1.41. The lowest BCUT2D eigenvalue weighted by atomic mass is 10.4. The van der Waals surface area contributed by atoms with E-state index in [-0.39, 0.29) is 5.70 Å². The molecule has 0 rings (SSSR count). The van der Waals surface area contributed by atoms with E-state index in [0.29, 0.717) is 0 Å². The van der Waals surface area contributed by atoms with E-state index in [2.05, 4.69) is 0 Å². The predicted molar refractivity (Wildman–Crippen MR) is 33.4 cm³/mol. The zero-order valence-electron chi connectivity index (χ0n) is 5.86. The first-order valence-electron chi connectivity index (χ1n) is 2.71. The van der Waals surface area contributed by atoms with E-state index in [9.17, 15) is 8.78 Å². The smallest absolute Gasteiger partial charge is 0.277 e. The minimum atomic E-state index is -2.36. The maximum absolute atomic E-state index is 11.8. The van der Waals surface area contributed by atoms with E-state index in [1.165, 1.54) is 11.0 Å². The Hall–Kier alpha value is -0.600. The summed E-state index contributed by atoms with van der Waals surface area (Å²) >= 11 is 0. The van der Waals surface area contributed by atoms with Gasteiger partial charge in [0.05, 0.1) is 5.70 Å². The molecule has 0 heterocycles. The molecule has 0 amide bonds. The van der Waals surface area contributed by atoms with E-state index < -0.39 is 6.43 Å². The van der Waals surface area contributed by atoms with E-state index in [0.717, 1.165) is 0 Å². The van der Waals surface area contributed by atoms with Crippen LogP contribution in [0.2, 0.25) is 0 Å². The van der Waals surface area contributed by atoms with Crippen LogP contribution in [0.15, 0.2) is 11.8 Å². The molecule has 0 spiro atoms. The van der Waals surface area contributed by atoms with Crippen molar-refractivity contribution >= 4 is 0 Å². The Morgan fingerprint density at radius 2 is 1.89 bits per heavy atom. The topological polar surface area (TPSA) is 3.24 Å². The van der Waals surface area contributed by atoms with Crippen molar-refractivity contribution in [1.82, 2.24) is 4.90 Å². The molecule has 9 heavy (non-hydrogen) atoms. The first kappa shape index (κ1) is 8.40. The lowest BCUT2D eigenvalue weighted by molar-refractivity contribution is 0.156. The van der Waals surface area contributed by atoms with Crippen molar-refractivity contribution in [3.8, 4) is 0 Å². The molecule has 0 aliphatic rings. The molecule has 3 heteroatoms. The zero-order valence-corrected chi connectivity index (χ0v) is 5.86. The molecule has 0 aromatic carbocycles. The van der Waals surface area contributed by atoms with Crippen LogP contribution in [0.4, 0.5) is 8.78 Å². The number of rotatable bonds is 2. The van der Waals surface area contributed by atoms with Gasteiger partial charge in [-0.1, -0.05) is 6.08 Å². The fourth-order valence-electron chi connectivity index (χ4n) is 0.579. The first-order valence-corrected chi connectivity index (χ1v) is 2.71. The predicted octanol–water partition coefficient (Wildman–Crippen LogP) is 1.72. The molecule has 0 saturated heterocycles. The van der Waals surface area contributed by atoms with Gasteiger partial charge in [-0.2, -0.15) is 0 Å². The molecule has 0 aliphatic carbocycles. The van der Waals surface area contributed by atoms with Gasteiger partial charge in [0.25, 0.3) is 6.43 Å². The van der Waals surface area contributed by atoms with Crippen molar-refractivity contribution in [2.45, 2.75) is 13.3 Å². The van der Waals surface area contributed by atoms with Gasteiger partial charge in [0.15, 0.2) is 0 Å². The van der Waals surface area contributed by atoms with E-state index in [1.807, 2.05) is 0 Å². The molecule has 0 unspecified atom stereocenters. The number of hydrogen-bond acceptors (Lipinski definition) is 1. The summed E-state index contributed by atoms with van der Waals surface area (Å²) in [6.07, 6.45) is -0.949. The minimum Gasteiger partial charge on any atom is -0.377 e. The number of alkyl halides is 2. The second-order valence-corrected chi connectivity index (χ2v) is 1.91. The van der Waals surface area contributed by atoms with Crippen molar-refractivity contribution in [3.63, 3.8) is 0 Å². The monoisotopic (exact) mass is 135 g/mol. The molecule has 54 valence electrons. The standard InChI is InChI=1S/C6H11F2N/c1-4-5(6(7)8)9(2)3/h4,6H,1-3H3. The Labute approximate surface area is 54.0 Å². The van der Waals surface area contributed by atoms with Crippen LogP contribution in [-0.2, 0) is 0 Å². The summed E-state index contributed by atoms with van der Waals surface area (Å²) in [7, 11) is 3.20. The van der Waals surface area contributed by atoms with Gasteiger partial charge in [-0.15, -0.1) is 0 Å². The maximum atomic E-state index is 11.8. The molecule has 0 radical (unpaired) electrons. The molecule has 0 atom stereocenters. The van der Waals surface area contributed by atoms with Crippen molar-refractivity contribution in [1.29, 1.82) is 0 Å². The largest absolute Gasteiger partial charge is 0.377 e. The molecule has 0 saturated carbocycles. The summed E-state index contributed by atoms with van der Waals surface area (Å²) in [6.45, 7) is 1.60. The summed E-state index contributed by atoms with van der Waals surface area (Å²) in [6, 6.07) is 0. The summed E-state index contributed by atoms with van der Waals surface area (Å²) in [5.74, 6) is 0. The van der Waals surface area contributed by atoms with Crippen LogP contribution in [0, 0.1) is 0 Å². The third-order valence-electron chi connectivity index (χ3n) is 1.04. The van der Waals surface area contributed by atoms with Crippen LogP contribution in [0.5, 0.6) is 0 Å². The van der Waals surface area contributed by atoms with Gasteiger partial charge in [0.1, 0.15) is 0 Å². The van der Waals surface area contributed by atoms with Crippen LogP contribution in [0.25, 0.3) is 0 Å². The van der Waals surface area contributed by atoms with Gasteiger partial charge in [0.2, 0.25) is 0 Å². The van der Waals surface area contributed by atoms with Gasteiger partial charge in [0, 0.05) is 14.1 Å². The maximum Gasteiger partial charge on any atom is 0.277 e. The SMILES string of the molecule is CC=C(C(F)F)N(C)C. The molecule has 0 aromatic heterocycles. The fraction of sp³-hybridized carbons (Fsp3) is 0.667. The van der Waals surface area contributed by atoms with Crippen molar-refractivity contribution in [3.05, 3.63) is 11.8 Å². The Morgan fingerprint density at radius 3 is 1.89 bits per heavy atom. The second kappa shape index (κ2) is 3.43. The molecule has 0 aliphatic heterocycles. The van der Waals surface area contributed by atoms with Gasteiger partial charge in [-0.25, -0.2) is 8.78 Å². The first-order chi connectivity index (χ1) is 4.09. The highest BCUT2D eigenvalue weighted by atomic mass is 19.3. The van der Waals surface area contributed by atoms with E-state index >= 15 is 0 Å². The number of nitrogens with zero attached hydrogens (tertiary/aromatic N) is 1. The molecule has 0 N–H and O–H groups in total. The van der Waals surface area contributed by atoms with Crippen molar-refractivity contribution in [2.75, 3.05) is 14.1 Å². The normalized spacial score (nSPS) is 12.4. The van der Waals surface area contributed by atoms with Crippen LogP contribution >= 0.6 is 0 Å². The fourth-order valence-corrected chi connectivity index (χ4v) is 0.579. The highest BCUT2D eigenvalue weighted by Gasteiger charge is 2.10. The average molecular weight is 135 g/mol. The molecule has 0 fully saturated rings. The number of allylic oxidation sites excluding steroid dienone is 2. The van der Waals surface area contributed by atoms with Crippen LogP contribution in [-0.4, -0.2) is 25.4 Å². The third-order valence-corrected chi connectivity index (χ3v) is 1.04. The lowest BCUT2D eigenvalue weighted by Gasteiger charge is -2.14. The average Bonchev–Trinajstić information content (AvgIpc) is 1.64. The van der Waals surface area contributed by atoms with E-state index in [4.69, 9.17) is 0 Å². The quantitative estimate of drug-likeness (QED) is 0.557. The second-order valence-electron chi connectivity index (χ2n) is 1.91. The van der Waals surface area contributed by atoms with Crippen LogP contribution in [0.1, 0.15) is 6.92 Å². The number of hydrogen-bond donors (Lipinski definition) is 0. The Bertz CT molecular complexity index is 97.6. The molecule has 0 bridgehead atoms. The van der Waals surface area contributed by atoms with E-state index in [1.54, 1.807) is 21.0 Å². The number of halogens is 2. The van der Waals surface area contributed by atoms with Crippen molar-refractivity contribution < 1.29 is 8.78 Å².